The normalized spacial score (nSPS) is 18.7. The fourth-order valence-corrected chi connectivity index (χ4v) is 1.88. The summed E-state index contributed by atoms with van der Waals surface area (Å²) in [5, 5.41) is 2.63. The molecule has 15 heavy (non-hydrogen) atoms. The Hall–Kier alpha value is -1.06. The molecule has 1 saturated heterocycles. The van der Waals surface area contributed by atoms with E-state index in [-0.39, 0.29) is 11.3 Å². The molecule has 4 nitrogen and oxygen atoms in total. The molecule has 0 saturated carbocycles. The van der Waals surface area contributed by atoms with Gasteiger partial charge in [-0.05, 0) is 18.3 Å². The molecular weight excluding hydrogens is 192 g/mol. The van der Waals surface area contributed by atoms with E-state index in [1.54, 1.807) is 0 Å². The van der Waals surface area contributed by atoms with E-state index < -0.39 is 6.04 Å². The van der Waals surface area contributed by atoms with Crippen LogP contribution in [0.15, 0.2) is 0 Å². The standard InChI is InChI=1S/C11H20N2O2/c1-11(2,3)9(12-8-14)10(15)13-6-4-5-7-13/h8-9H,4-7H2,1-3H3,(H,12,14)/t9-/m0/s1. The quantitative estimate of drug-likeness (QED) is 0.702. The Balaban J connectivity index is 2.70. The summed E-state index contributed by atoms with van der Waals surface area (Å²) in [5.74, 6) is 0.0482. The van der Waals surface area contributed by atoms with Gasteiger partial charge in [0.25, 0.3) is 0 Å². The second kappa shape index (κ2) is 4.64. The number of likely N-dealkylation sites (tertiary alicyclic amines) is 1. The first-order valence-corrected chi connectivity index (χ1v) is 5.45. The van der Waals surface area contributed by atoms with Crippen molar-refractivity contribution in [2.45, 2.75) is 39.7 Å². The molecular formula is C11H20N2O2. The van der Waals surface area contributed by atoms with Crippen molar-refractivity contribution in [1.82, 2.24) is 10.2 Å². The predicted molar refractivity (Wildman–Crippen MR) is 58.3 cm³/mol. The summed E-state index contributed by atoms with van der Waals surface area (Å²) in [6.45, 7) is 7.53. The Morgan fingerprint density at radius 2 is 1.87 bits per heavy atom. The van der Waals surface area contributed by atoms with Crippen LogP contribution in [0.3, 0.4) is 0 Å². The first-order chi connectivity index (χ1) is 6.96. The molecule has 1 fully saturated rings. The molecule has 0 bridgehead atoms. The highest BCUT2D eigenvalue weighted by molar-refractivity contribution is 5.84. The number of hydrogen-bond donors (Lipinski definition) is 1. The molecule has 0 aromatic carbocycles. The van der Waals surface area contributed by atoms with E-state index in [0.717, 1.165) is 25.9 Å². The van der Waals surface area contributed by atoms with Gasteiger partial charge < -0.3 is 10.2 Å². The van der Waals surface area contributed by atoms with Gasteiger partial charge in [0.05, 0.1) is 0 Å². The monoisotopic (exact) mass is 212 g/mol. The SMILES string of the molecule is CC(C)(C)[C@@H](NC=O)C(=O)N1CCCC1. The van der Waals surface area contributed by atoms with Crippen molar-refractivity contribution in [1.29, 1.82) is 0 Å². The fourth-order valence-electron chi connectivity index (χ4n) is 1.88. The van der Waals surface area contributed by atoms with E-state index >= 15 is 0 Å². The van der Waals surface area contributed by atoms with Gasteiger partial charge in [-0.3, -0.25) is 9.59 Å². The number of carbonyl (C=O) groups excluding carboxylic acids is 2. The summed E-state index contributed by atoms with van der Waals surface area (Å²) >= 11 is 0. The van der Waals surface area contributed by atoms with Crippen molar-refractivity contribution >= 4 is 12.3 Å². The molecule has 1 heterocycles. The number of nitrogens with zero attached hydrogens (tertiary/aromatic N) is 1. The van der Waals surface area contributed by atoms with Gasteiger partial charge >= 0.3 is 0 Å². The lowest BCUT2D eigenvalue weighted by molar-refractivity contribution is -0.136. The van der Waals surface area contributed by atoms with Crippen molar-refractivity contribution < 1.29 is 9.59 Å². The average Bonchev–Trinajstić information content (AvgIpc) is 2.63. The van der Waals surface area contributed by atoms with E-state index in [1.165, 1.54) is 0 Å². The third kappa shape index (κ3) is 2.94. The minimum Gasteiger partial charge on any atom is -0.346 e. The van der Waals surface area contributed by atoms with Gasteiger partial charge in [0.15, 0.2) is 0 Å². The van der Waals surface area contributed by atoms with Crippen LogP contribution < -0.4 is 5.32 Å². The topological polar surface area (TPSA) is 49.4 Å². The van der Waals surface area contributed by atoms with Gasteiger partial charge in [0, 0.05) is 13.1 Å². The smallest absolute Gasteiger partial charge is 0.245 e. The molecule has 0 radical (unpaired) electrons. The highest BCUT2D eigenvalue weighted by Gasteiger charge is 2.34. The molecule has 0 aromatic rings. The van der Waals surface area contributed by atoms with Crippen LogP contribution in [0.5, 0.6) is 0 Å². The predicted octanol–water partition coefficient (Wildman–Crippen LogP) is 0.769. The van der Waals surface area contributed by atoms with E-state index in [2.05, 4.69) is 5.32 Å². The first-order valence-electron chi connectivity index (χ1n) is 5.45. The number of rotatable bonds is 3. The second-order valence-electron chi connectivity index (χ2n) is 5.12. The van der Waals surface area contributed by atoms with E-state index in [4.69, 9.17) is 0 Å². The van der Waals surface area contributed by atoms with Crippen LogP contribution in [-0.2, 0) is 9.59 Å². The van der Waals surface area contributed by atoms with Crippen LogP contribution in [0.1, 0.15) is 33.6 Å². The summed E-state index contributed by atoms with van der Waals surface area (Å²) in [6, 6.07) is -0.409. The average molecular weight is 212 g/mol. The Kier molecular flexibility index (Phi) is 3.72. The Labute approximate surface area is 91.0 Å². The fraction of sp³-hybridized carbons (Fsp3) is 0.818. The summed E-state index contributed by atoms with van der Waals surface area (Å²) in [5.41, 5.74) is -0.236. The van der Waals surface area contributed by atoms with Crippen molar-refractivity contribution in [2.75, 3.05) is 13.1 Å². The lowest BCUT2D eigenvalue weighted by Gasteiger charge is -2.32. The molecule has 1 aliphatic rings. The van der Waals surface area contributed by atoms with Crippen LogP contribution in [0, 0.1) is 5.41 Å². The van der Waals surface area contributed by atoms with E-state index in [1.807, 2.05) is 25.7 Å². The number of amides is 2. The molecule has 4 heteroatoms. The third-order valence-electron chi connectivity index (χ3n) is 2.77. The Bertz CT molecular complexity index is 239. The minimum absolute atomic E-state index is 0.0482. The molecule has 0 spiro atoms. The second-order valence-corrected chi connectivity index (χ2v) is 5.12. The molecule has 1 rings (SSSR count). The van der Waals surface area contributed by atoms with Gasteiger partial charge in [-0.25, -0.2) is 0 Å². The van der Waals surface area contributed by atoms with Crippen LogP contribution in [0.25, 0.3) is 0 Å². The number of carbonyl (C=O) groups is 2. The Morgan fingerprint density at radius 3 is 2.27 bits per heavy atom. The lowest BCUT2D eigenvalue weighted by Crippen LogP contribution is -2.52. The highest BCUT2D eigenvalue weighted by Crippen LogP contribution is 2.22. The lowest BCUT2D eigenvalue weighted by atomic mass is 9.86. The van der Waals surface area contributed by atoms with Crippen molar-refractivity contribution in [3.63, 3.8) is 0 Å². The molecule has 2 amide bonds. The zero-order chi connectivity index (χ0) is 11.5. The summed E-state index contributed by atoms with van der Waals surface area (Å²) < 4.78 is 0. The van der Waals surface area contributed by atoms with E-state index in [0.29, 0.717) is 6.41 Å². The van der Waals surface area contributed by atoms with Gasteiger partial charge in [-0.15, -0.1) is 0 Å². The largest absolute Gasteiger partial charge is 0.346 e. The first kappa shape index (κ1) is 12.0. The maximum Gasteiger partial charge on any atom is 0.245 e. The Morgan fingerprint density at radius 1 is 1.33 bits per heavy atom. The van der Waals surface area contributed by atoms with Crippen LogP contribution >= 0.6 is 0 Å². The van der Waals surface area contributed by atoms with Crippen LogP contribution in [0.2, 0.25) is 0 Å². The number of nitrogens with one attached hydrogen (secondary N) is 1. The molecule has 86 valence electrons. The van der Waals surface area contributed by atoms with Gasteiger partial charge in [-0.2, -0.15) is 0 Å². The maximum absolute atomic E-state index is 12.1. The highest BCUT2D eigenvalue weighted by atomic mass is 16.2. The van der Waals surface area contributed by atoms with Crippen molar-refractivity contribution in [3.8, 4) is 0 Å². The van der Waals surface area contributed by atoms with Crippen LogP contribution in [-0.4, -0.2) is 36.3 Å². The zero-order valence-corrected chi connectivity index (χ0v) is 9.75. The summed E-state index contributed by atoms with van der Waals surface area (Å²) in [7, 11) is 0. The maximum atomic E-state index is 12.1. The van der Waals surface area contributed by atoms with Crippen molar-refractivity contribution in [3.05, 3.63) is 0 Å². The molecule has 0 aromatic heterocycles. The molecule has 0 aliphatic carbocycles. The summed E-state index contributed by atoms with van der Waals surface area (Å²) in [6.07, 6.45) is 2.76. The molecule has 1 N–H and O–H groups in total. The summed E-state index contributed by atoms with van der Waals surface area (Å²) in [4.78, 5) is 24.4. The third-order valence-corrected chi connectivity index (χ3v) is 2.77. The molecule has 1 aliphatic heterocycles. The minimum atomic E-state index is -0.409. The van der Waals surface area contributed by atoms with Gasteiger partial charge in [0.2, 0.25) is 12.3 Å². The van der Waals surface area contributed by atoms with Gasteiger partial charge in [0.1, 0.15) is 6.04 Å². The van der Waals surface area contributed by atoms with Crippen molar-refractivity contribution in [2.24, 2.45) is 5.41 Å². The zero-order valence-electron chi connectivity index (χ0n) is 9.75. The van der Waals surface area contributed by atoms with Crippen LogP contribution in [0.4, 0.5) is 0 Å². The molecule has 1 atom stereocenters. The van der Waals surface area contributed by atoms with Gasteiger partial charge in [-0.1, -0.05) is 20.8 Å². The molecule has 0 unspecified atom stereocenters. The van der Waals surface area contributed by atoms with E-state index in [9.17, 15) is 9.59 Å². The number of hydrogen-bond acceptors (Lipinski definition) is 2.